The number of anilines is 2. The molecule has 21 heavy (non-hydrogen) atoms. The minimum absolute atomic E-state index is 0.195. The van der Waals surface area contributed by atoms with E-state index in [4.69, 9.17) is 4.74 Å². The van der Waals surface area contributed by atoms with Crippen LogP contribution in [0.25, 0.3) is 0 Å². The first-order valence-electron chi connectivity index (χ1n) is 6.63. The van der Waals surface area contributed by atoms with Crippen LogP contribution in [0.15, 0.2) is 28.9 Å². The molecule has 1 aromatic carbocycles. The Hall–Kier alpha value is -2.02. The largest absolute Gasteiger partial charge is 0.497 e. The second-order valence-electron chi connectivity index (χ2n) is 4.71. The van der Waals surface area contributed by atoms with Gasteiger partial charge in [0, 0.05) is 23.6 Å². The molecule has 1 aliphatic rings. The van der Waals surface area contributed by atoms with Crippen molar-refractivity contribution in [3.63, 3.8) is 0 Å². The van der Waals surface area contributed by atoms with Gasteiger partial charge in [-0.2, -0.15) is 5.10 Å². The van der Waals surface area contributed by atoms with E-state index < -0.39 is 0 Å². The van der Waals surface area contributed by atoms with Gasteiger partial charge in [0.1, 0.15) is 17.1 Å². The van der Waals surface area contributed by atoms with Crippen LogP contribution in [0.2, 0.25) is 0 Å². The molecule has 2 heterocycles. The number of methoxy groups -OCH3 is 1. The topological polar surface area (TPSA) is 68.2 Å². The van der Waals surface area contributed by atoms with E-state index in [2.05, 4.69) is 31.7 Å². The van der Waals surface area contributed by atoms with E-state index in [9.17, 15) is 4.79 Å². The molecule has 0 aliphatic carbocycles. The maximum Gasteiger partial charge on any atom is 0.261 e. The molecule has 7 heteroatoms. The molecule has 1 amide bonds. The van der Waals surface area contributed by atoms with Crippen LogP contribution in [0, 0.1) is 0 Å². The summed E-state index contributed by atoms with van der Waals surface area (Å²) >= 11 is 3.42. The van der Waals surface area contributed by atoms with E-state index in [1.54, 1.807) is 19.4 Å². The van der Waals surface area contributed by atoms with E-state index in [1.165, 1.54) is 0 Å². The lowest BCUT2D eigenvalue weighted by atomic mass is 10.2. The van der Waals surface area contributed by atoms with E-state index in [0.29, 0.717) is 17.0 Å². The van der Waals surface area contributed by atoms with Crippen LogP contribution in [0.3, 0.4) is 0 Å². The van der Waals surface area contributed by atoms with Crippen molar-refractivity contribution < 1.29 is 9.53 Å². The quantitative estimate of drug-likeness (QED) is 0.892. The van der Waals surface area contributed by atoms with Crippen molar-refractivity contribution >= 4 is 33.3 Å². The van der Waals surface area contributed by atoms with Crippen molar-refractivity contribution in [2.45, 2.75) is 13.0 Å². The highest BCUT2D eigenvalue weighted by atomic mass is 79.9. The maximum absolute atomic E-state index is 12.4. The van der Waals surface area contributed by atoms with Crippen LogP contribution < -0.4 is 15.4 Å². The number of aryl methyl sites for hydroxylation is 1. The lowest BCUT2D eigenvalue weighted by Crippen LogP contribution is -2.21. The van der Waals surface area contributed by atoms with Crippen molar-refractivity contribution in [1.29, 1.82) is 0 Å². The van der Waals surface area contributed by atoms with Crippen molar-refractivity contribution in [2.24, 2.45) is 0 Å². The number of benzene rings is 1. The number of hydrogen-bond acceptors (Lipinski definition) is 4. The second kappa shape index (κ2) is 5.77. The van der Waals surface area contributed by atoms with Crippen LogP contribution in [-0.2, 0) is 6.54 Å². The van der Waals surface area contributed by atoms with Crippen LogP contribution in [0.5, 0.6) is 5.75 Å². The van der Waals surface area contributed by atoms with Crippen molar-refractivity contribution in [3.05, 3.63) is 34.4 Å². The van der Waals surface area contributed by atoms with E-state index in [-0.39, 0.29) is 5.91 Å². The number of nitrogens with zero attached hydrogens (tertiary/aromatic N) is 2. The Morgan fingerprint density at radius 3 is 3.19 bits per heavy atom. The summed E-state index contributed by atoms with van der Waals surface area (Å²) in [5.74, 6) is 1.26. The number of carbonyl (C=O) groups excluding carboxylic acids is 1. The van der Waals surface area contributed by atoms with Gasteiger partial charge < -0.3 is 15.4 Å². The first-order valence-corrected chi connectivity index (χ1v) is 7.43. The van der Waals surface area contributed by atoms with Crippen molar-refractivity contribution in [2.75, 3.05) is 24.3 Å². The third-order valence-electron chi connectivity index (χ3n) is 3.34. The van der Waals surface area contributed by atoms with Crippen LogP contribution >= 0.6 is 15.9 Å². The summed E-state index contributed by atoms with van der Waals surface area (Å²) in [5.41, 5.74) is 1.21. The first-order chi connectivity index (χ1) is 10.2. The standard InChI is InChI=1S/C14H15BrN4O2/c1-21-9-3-4-11(15)12(7-9)18-14(20)10-8-17-19-6-2-5-16-13(10)19/h3-4,7-8,16H,2,5-6H2,1H3,(H,18,20). The Labute approximate surface area is 130 Å². The number of rotatable bonds is 3. The van der Waals surface area contributed by atoms with Gasteiger partial charge in [0.25, 0.3) is 5.91 Å². The average molecular weight is 351 g/mol. The molecule has 3 rings (SSSR count). The number of carbonyl (C=O) groups is 1. The molecule has 0 unspecified atom stereocenters. The zero-order valence-electron chi connectivity index (χ0n) is 11.5. The molecule has 110 valence electrons. The Bertz CT molecular complexity index is 684. The number of halogens is 1. The molecule has 0 radical (unpaired) electrons. The fraction of sp³-hybridized carbons (Fsp3) is 0.286. The summed E-state index contributed by atoms with van der Waals surface area (Å²) in [4.78, 5) is 12.4. The van der Waals surface area contributed by atoms with Crippen LogP contribution in [0.1, 0.15) is 16.8 Å². The zero-order valence-corrected chi connectivity index (χ0v) is 13.1. The van der Waals surface area contributed by atoms with Gasteiger partial charge in [-0.3, -0.25) is 4.79 Å². The fourth-order valence-electron chi connectivity index (χ4n) is 2.26. The molecule has 0 fully saturated rings. The molecule has 0 saturated heterocycles. The average Bonchev–Trinajstić information content (AvgIpc) is 2.93. The Balaban J connectivity index is 1.85. The number of fused-ring (bicyclic) bond motifs is 1. The molecular formula is C14H15BrN4O2. The highest BCUT2D eigenvalue weighted by Crippen LogP contribution is 2.28. The highest BCUT2D eigenvalue weighted by Gasteiger charge is 2.20. The molecule has 0 saturated carbocycles. The lowest BCUT2D eigenvalue weighted by Gasteiger charge is -2.17. The van der Waals surface area contributed by atoms with E-state index in [0.717, 1.165) is 29.8 Å². The molecule has 1 aromatic heterocycles. The summed E-state index contributed by atoms with van der Waals surface area (Å²) in [5, 5.41) is 10.3. The number of aromatic nitrogens is 2. The van der Waals surface area contributed by atoms with Gasteiger partial charge in [0.15, 0.2) is 0 Å². The maximum atomic E-state index is 12.4. The number of amides is 1. The van der Waals surface area contributed by atoms with Crippen molar-refractivity contribution in [1.82, 2.24) is 9.78 Å². The van der Waals surface area contributed by atoms with Gasteiger partial charge in [-0.1, -0.05) is 0 Å². The van der Waals surface area contributed by atoms with Gasteiger partial charge in [-0.15, -0.1) is 0 Å². The summed E-state index contributed by atoms with van der Waals surface area (Å²) in [6.45, 7) is 1.69. The minimum atomic E-state index is -0.195. The molecule has 2 N–H and O–H groups in total. The predicted molar refractivity (Wildman–Crippen MR) is 84.0 cm³/mol. The fourth-order valence-corrected chi connectivity index (χ4v) is 2.61. The molecule has 0 atom stereocenters. The molecular weight excluding hydrogens is 336 g/mol. The molecule has 6 nitrogen and oxygen atoms in total. The Kier molecular flexibility index (Phi) is 3.83. The Morgan fingerprint density at radius 1 is 1.52 bits per heavy atom. The first kappa shape index (κ1) is 13.9. The van der Waals surface area contributed by atoms with Crippen molar-refractivity contribution in [3.8, 4) is 5.75 Å². The summed E-state index contributed by atoms with van der Waals surface area (Å²) < 4.78 is 7.79. The Morgan fingerprint density at radius 2 is 2.38 bits per heavy atom. The predicted octanol–water partition coefficient (Wildman–Crippen LogP) is 2.72. The van der Waals surface area contributed by atoms with E-state index in [1.807, 2.05) is 16.8 Å². The minimum Gasteiger partial charge on any atom is -0.497 e. The molecule has 1 aliphatic heterocycles. The van der Waals surface area contributed by atoms with Gasteiger partial charge in [0.05, 0.1) is 19.0 Å². The molecule has 2 aromatic rings. The highest BCUT2D eigenvalue weighted by molar-refractivity contribution is 9.10. The van der Waals surface area contributed by atoms with Gasteiger partial charge in [-0.25, -0.2) is 4.68 Å². The van der Waals surface area contributed by atoms with Crippen LogP contribution in [0.4, 0.5) is 11.5 Å². The second-order valence-corrected chi connectivity index (χ2v) is 5.56. The van der Waals surface area contributed by atoms with E-state index >= 15 is 0 Å². The summed E-state index contributed by atoms with van der Waals surface area (Å²) in [6, 6.07) is 5.43. The smallest absolute Gasteiger partial charge is 0.261 e. The van der Waals surface area contributed by atoms with Gasteiger partial charge in [-0.05, 0) is 34.5 Å². The lowest BCUT2D eigenvalue weighted by molar-refractivity contribution is 0.102. The monoisotopic (exact) mass is 350 g/mol. The summed E-state index contributed by atoms with van der Waals surface area (Å²) in [6.07, 6.45) is 2.61. The zero-order chi connectivity index (χ0) is 14.8. The third kappa shape index (κ3) is 2.73. The SMILES string of the molecule is COc1ccc(Br)c(NC(=O)c2cnn3c2NCCC3)c1. The van der Waals surface area contributed by atoms with Gasteiger partial charge in [0.2, 0.25) is 0 Å². The van der Waals surface area contributed by atoms with Crippen LogP contribution in [-0.4, -0.2) is 29.3 Å². The number of hydrogen-bond donors (Lipinski definition) is 2. The normalized spacial score (nSPS) is 13.2. The molecule has 0 bridgehead atoms. The van der Waals surface area contributed by atoms with Gasteiger partial charge >= 0.3 is 0 Å². The summed E-state index contributed by atoms with van der Waals surface area (Å²) in [7, 11) is 1.59. The number of ether oxygens (including phenoxy) is 1. The molecule has 0 spiro atoms. The number of nitrogens with one attached hydrogen (secondary N) is 2. The third-order valence-corrected chi connectivity index (χ3v) is 4.04.